The third-order valence-corrected chi connectivity index (χ3v) is 7.66. The zero-order chi connectivity index (χ0) is 16.5. The summed E-state index contributed by atoms with van der Waals surface area (Å²) < 4.78 is 12.3. The fourth-order valence-corrected chi connectivity index (χ4v) is 6.21. The molecular weight excluding hydrogens is 302 g/mol. The minimum atomic E-state index is -0.0726. The number of carbonyl (C=O) groups excluding carboxylic acids is 1. The largest absolute Gasteiger partial charge is 0.461 e. The molecule has 5 aliphatic rings. The van der Waals surface area contributed by atoms with Crippen molar-refractivity contribution in [2.75, 3.05) is 19.6 Å². The standard InChI is InChI=1S/C20H29NO3/c1-13-6-9-20-16(13)17-14(7-8-19(20,2)24-20)15(18(22)23-17)12-21-10-4-3-5-11-21/h6,14-17H,3-5,7-12H2,1-2H3. The third kappa shape index (κ3) is 1.96. The predicted molar refractivity (Wildman–Crippen MR) is 90.5 cm³/mol. The first-order chi connectivity index (χ1) is 11.5. The summed E-state index contributed by atoms with van der Waals surface area (Å²) in [5.41, 5.74) is 1.30. The van der Waals surface area contributed by atoms with E-state index in [0.717, 1.165) is 38.9 Å². The van der Waals surface area contributed by atoms with Gasteiger partial charge < -0.3 is 14.4 Å². The van der Waals surface area contributed by atoms with Crippen LogP contribution < -0.4 is 0 Å². The summed E-state index contributed by atoms with van der Waals surface area (Å²) in [5, 5.41) is 0. The molecule has 3 heterocycles. The number of carbonyl (C=O) groups is 1. The average molecular weight is 331 g/mol. The first-order valence-electron chi connectivity index (χ1n) is 9.84. The second-order valence-corrected chi connectivity index (χ2v) is 8.92. The summed E-state index contributed by atoms with van der Waals surface area (Å²) in [7, 11) is 0. The van der Waals surface area contributed by atoms with Crippen LogP contribution in [0.1, 0.15) is 52.4 Å². The summed E-state index contributed by atoms with van der Waals surface area (Å²) in [6.45, 7) is 7.67. The molecule has 5 rings (SSSR count). The van der Waals surface area contributed by atoms with Gasteiger partial charge in [-0.1, -0.05) is 18.1 Å². The van der Waals surface area contributed by atoms with Gasteiger partial charge in [0.05, 0.1) is 11.5 Å². The highest BCUT2D eigenvalue weighted by atomic mass is 16.6. The van der Waals surface area contributed by atoms with Gasteiger partial charge in [0.1, 0.15) is 11.7 Å². The second kappa shape index (κ2) is 5.07. The molecule has 4 nitrogen and oxygen atoms in total. The average Bonchev–Trinajstić information content (AvgIpc) is 2.88. The lowest BCUT2D eigenvalue weighted by atomic mass is 9.77. The van der Waals surface area contributed by atoms with Crippen LogP contribution in [0, 0.1) is 17.8 Å². The monoisotopic (exact) mass is 331 g/mol. The molecule has 0 aromatic heterocycles. The first kappa shape index (κ1) is 15.4. The summed E-state index contributed by atoms with van der Waals surface area (Å²) in [4.78, 5) is 15.2. The Morgan fingerprint density at radius 1 is 1.29 bits per heavy atom. The number of likely N-dealkylation sites (tertiary alicyclic amines) is 1. The molecule has 2 aliphatic carbocycles. The van der Waals surface area contributed by atoms with Gasteiger partial charge in [0.25, 0.3) is 0 Å². The fourth-order valence-electron chi connectivity index (χ4n) is 6.21. The Hall–Kier alpha value is -0.870. The van der Waals surface area contributed by atoms with Crippen molar-refractivity contribution in [2.45, 2.75) is 69.7 Å². The van der Waals surface area contributed by atoms with Crippen molar-refractivity contribution < 1.29 is 14.3 Å². The molecule has 1 spiro atoms. The summed E-state index contributed by atoms with van der Waals surface area (Å²) >= 11 is 0. The van der Waals surface area contributed by atoms with Crippen LogP contribution in [0.25, 0.3) is 0 Å². The van der Waals surface area contributed by atoms with Gasteiger partial charge in [-0.3, -0.25) is 4.79 Å². The molecule has 0 N–H and O–H groups in total. The molecule has 3 saturated heterocycles. The molecule has 6 unspecified atom stereocenters. The SMILES string of the molecule is CC1=CCC23OC2(C)CCC2C(CN4CCCCC4)C(=O)OC2C13. The van der Waals surface area contributed by atoms with E-state index in [1.54, 1.807) is 0 Å². The van der Waals surface area contributed by atoms with Crippen LogP contribution in [0.4, 0.5) is 0 Å². The molecule has 0 aromatic carbocycles. The lowest BCUT2D eigenvalue weighted by Crippen LogP contribution is -2.40. The topological polar surface area (TPSA) is 42.1 Å². The number of epoxide rings is 1. The van der Waals surface area contributed by atoms with E-state index in [1.807, 2.05) is 0 Å². The van der Waals surface area contributed by atoms with E-state index in [0.29, 0.717) is 5.92 Å². The van der Waals surface area contributed by atoms with Crippen molar-refractivity contribution in [2.24, 2.45) is 17.8 Å². The van der Waals surface area contributed by atoms with E-state index < -0.39 is 0 Å². The van der Waals surface area contributed by atoms with Crippen LogP contribution in [0.15, 0.2) is 11.6 Å². The van der Waals surface area contributed by atoms with Crippen LogP contribution in [-0.4, -0.2) is 47.8 Å². The Balaban J connectivity index is 1.41. The van der Waals surface area contributed by atoms with Crippen molar-refractivity contribution >= 4 is 5.97 Å². The molecule has 1 saturated carbocycles. The molecule has 4 fully saturated rings. The molecule has 0 aromatic rings. The Labute approximate surface area is 144 Å². The van der Waals surface area contributed by atoms with E-state index in [1.165, 1.54) is 24.8 Å². The van der Waals surface area contributed by atoms with Crippen molar-refractivity contribution in [1.82, 2.24) is 4.90 Å². The maximum atomic E-state index is 12.7. The van der Waals surface area contributed by atoms with Crippen molar-refractivity contribution in [3.05, 3.63) is 11.6 Å². The van der Waals surface area contributed by atoms with Crippen LogP contribution in [-0.2, 0) is 14.3 Å². The van der Waals surface area contributed by atoms with Gasteiger partial charge in [-0.2, -0.15) is 0 Å². The van der Waals surface area contributed by atoms with Crippen LogP contribution >= 0.6 is 0 Å². The zero-order valence-electron chi connectivity index (χ0n) is 14.9. The third-order valence-electron chi connectivity index (χ3n) is 7.66. The van der Waals surface area contributed by atoms with E-state index in [-0.39, 0.29) is 35.1 Å². The lowest BCUT2D eigenvalue weighted by Gasteiger charge is -2.31. The summed E-state index contributed by atoms with van der Waals surface area (Å²) in [5.74, 6) is 0.774. The Bertz CT molecular complexity index is 596. The van der Waals surface area contributed by atoms with E-state index in [2.05, 4.69) is 24.8 Å². The Morgan fingerprint density at radius 3 is 2.88 bits per heavy atom. The van der Waals surface area contributed by atoms with Gasteiger partial charge in [0.15, 0.2) is 0 Å². The van der Waals surface area contributed by atoms with Crippen LogP contribution in [0.3, 0.4) is 0 Å². The number of esters is 1. The number of piperidine rings is 1. The number of fused-ring (bicyclic) bond motifs is 2. The quantitative estimate of drug-likeness (QED) is 0.443. The van der Waals surface area contributed by atoms with Crippen molar-refractivity contribution in [3.63, 3.8) is 0 Å². The highest BCUT2D eigenvalue weighted by Gasteiger charge is 2.75. The molecule has 3 aliphatic heterocycles. The number of hydrogen-bond acceptors (Lipinski definition) is 4. The Kier molecular flexibility index (Phi) is 3.25. The molecular formula is C20H29NO3. The van der Waals surface area contributed by atoms with E-state index >= 15 is 0 Å². The van der Waals surface area contributed by atoms with E-state index in [4.69, 9.17) is 9.47 Å². The minimum Gasteiger partial charge on any atom is -0.461 e. The normalized spacial score (nSPS) is 50.4. The molecule has 0 radical (unpaired) electrons. The number of rotatable bonds is 2. The smallest absolute Gasteiger partial charge is 0.310 e. The molecule has 0 amide bonds. The van der Waals surface area contributed by atoms with Gasteiger partial charge in [0, 0.05) is 18.4 Å². The second-order valence-electron chi connectivity index (χ2n) is 8.92. The summed E-state index contributed by atoms with van der Waals surface area (Å²) in [6, 6.07) is 0. The molecule has 6 atom stereocenters. The van der Waals surface area contributed by atoms with Gasteiger partial charge in [-0.25, -0.2) is 0 Å². The lowest BCUT2D eigenvalue weighted by molar-refractivity contribution is -0.146. The van der Waals surface area contributed by atoms with Crippen molar-refractivity contribution in [1.29, 1.82) is 0 Å². The van der Waals surface area contributed by atoms with Crippen molar-refractivity contribution in [3.8, 4) is 0 Å². The van der Waals surface area contributed by atoms with Gasteiger partial charge in [-0.15, -0.1) is 0 Å². The van der Waals surface area contributed by atoms with E-state index in [9.17, 15) is 4.79 Å². The predicted octanol–water partition coefficient (Wildman–Crippen LogP) is 2.92. The highest BCUT2D eigenvalue weighted by molar-refractivity contribution is 5.76. The number of ether oxygens (including phenoxy) is 2. The number of hydrogen-bond donors (Lipinski definition) is 0. The Morgan fingerprint density at radius 2 is 2.08 bits per heavy atom. The molecule has 0 bridgehead atoms. The molecule has 24 heavy (non-hydrogen) atoms. The fraction of sp³-hybridized carbons (Fsp3) is 0.850. The number of nitrogens with zero attached hydrogens (tertiary/aromatic N) is 1. The maximum absolute atomic E-state index is 12.7. The van der Waals surface area contributed by atoms with Crippen LogP contribution in [0.5, 0.6) is 0 Å². The van der Waals surface area contributed by atoms with Gasteiger partial charge >= 0.3 is 5.97 Å². The summed E-state index contributed by atoms with van der Waals surface area (Å²) in [6.07, 6.45) is 9.37. The van der Waals surface area contributed by atoms with Gasteiger partial charge in [-0.05, 0) is 59.0 Å². The highest BCUT2D eigenvalue weighted by Crippen LogP contribution is 2.67. The molecule has 132 valence electrons. The van der Waals surface area contributed by atoms with Gasteiger partial charge in [0.2, 0.25) is 0 Å². The minimum absolute atomic E-state index is 0.00164. The van der Waals surface area contributed by atoms with Crippen LogP contribution in [0.2, 0.25) is 0 Å². The first-order valence-corrected chi connectivity index (χ1v) is 9.84. The zero-order valence-corrected chi connectivity index (χ0v) is 14.9. The molecule has 4 heteroatoms. The maximum Gasteiger partial charge on any atom is 0.310 e.